The third-order valence-corrected chi connectivity index (χ3v) is 5.24. The third-order valence-electron chi connectivity index (χ3n) is 4.50. The minimum atomic E-state index is 0.318. The van der Waals surface area contributed by atoms with E-state index in [0.717, 1.165) is 43.5 Å². The molecule has 1 unspecified atom stereocenters. The molecule has 0 aliphatic carbocycles. The second-order valence-electron chi connectivity index (χ2n) is 5.84. The van der Waals surface area contributed by atoms with Crippen molar-refractivity contribution in [2.24, 2.45) is 5.92 Å². The summed E-state index contributed by atoms with van der Waals surface area (Å²) in [6.07, 6.45) is 3.93. The molecular weight excluding hydrogens is 316 g/mol. The molecule has 3 nitrogen and oxygen atoms in total. The summed E-state index contributed by atoms with van der Waals surface area (Å²) >= 11 is 3.61. The fourth-order valence-electron chi connectivity index (χ4n) is 3.20. The van der Waals surface area contributed by atoms with E-state index in [1.165, 1.54) is 17.5 Å². The number of fused-ring (bicyclic) bond motifs is 1. The van der Waals surface area contributed by atoms with E-state index in [9.17, 15) is 4.79 Å². The number of hydrogen-bond acceptors (Lipinski definition) is 2. The molecule has 108 valence electrons. The first kappa shape index (κ1) is 14.1. The lowest BCUT2D eigenvalue weighted by Gasteiger charge is -2.30. The van der Waals surface area contributed by atoms with Gasteiger partial charge in [-0.3, -0.25) is 4.79 Å². The van der Waals surface area contributed by atoms with Crippen LogP contribution in [0, 0.1) is 5.92 Å². The highest BCUT2D eigenvalue weighted by molar-refractivity contribution is 9.10. The predicted molar refractivity (Wildman–Crippen MR) is 83.5 cm³/mol. The van der Waals surface area contributed by atoms with Gasteiger partial charge in [0.1, 0.15) is 0 Å². The number of carbonyl (C=O) groups is 1. The molecule has 0 radical (unpaired) electrons. The van der Waals surface area contributed by atoms with Gasteiger partial charge in [-0.1, -0.05) is 28.1 Å². The molecule has 1 aromatic rings. The van der Waals surface area contributed by atoms with Crippen LogP contribution in [0.2, 0.25) is 0 Å². The van der Waals surface area contributed by atoms with Crippen molar-refractivity contribution in [1.29, 1.82) is 0 Å². The van der Waals surface area contributed by atoms with Crippen molar-refractivity contribution in [2.75, 3.05) is 19.6 Å². The van der Waals surface area contributed by atoms with E-state index < -0.39 is 0 Å². The minimum Gasteiger partial charge on any atom is -0.338 e. The molecule has 2 heterocycles. The molecule has 0 aromatic heterocycles. The van der Waals surface area contributed by atoms with Gasteiger partial charge in [0.05, 0.1) is 0 Å². The van der Waals surface area contributed by atoms with Crippen LogP contribution in [0.5, 0.6) is 0 Å². The monoisotopic (exact) mass is 336 g/mol. The van der Waals surface area contributed by atoms with Gasteiger partial charge in [-0.05, 0) is 55.5 Å². The van der Waals surface area contributed by atoms with Crippen molar-refractivity contribution in [1.82, 2.24) is 10.2 Å². The molecule has 1 aromatic carbocycles. The fraction of sp³-hybridized carbons (Fsp3) is 0.562. The average Bonchev–Trinajstić information content (AvgIpc) is 2.98. The Morgan fingerprint density at radius 2 is 2.35 bits per heavy atom. The Hall–Kier alpha value is -0.870. The Morgan fingerprint density at radius 1 is 1.45 bits per heavy atom. The van der Waals surface area contributed by atoms with Gasteiger partial charge in [0.25, 0.3) is 0 Å². The maximum atomic E-state index is 12.4. The number of hydrogen-bond donors (Lipinski definition) is 1. The van der Waals surface area contributed by atoms with E-state index in [4.69, 9.17) is 0 Å². The number of nitrogens with zero attached hydrogens (tertiary/aromatic N) is 1. The summed E-state index contributed by atoms with van der Waals surface area (Å²) in [5.74, 6) is 1.01. The van der Waals surface area contributed by atoms with E-state index in [0.29, 0.717) is 18.2 Å². The maximum Gasteiger partial charge on any atom is 0.222 e. The Kier molecular flexibility index (Phi) is 4.41. The maximum absolute atomic E-state index is 12.4. The van der Waals surface area contributed by atoms with Gasteiger partial charge in [0, 0.05) is 24.0 Å². The van der Waals surface area contributed by atoms with Crippen LogP contribution in [0.25, 0.3) is 0 Å². The summed E-state index contributed by atoms with van der Waals surface area (Å²) in [7, 11) is 0. The van der Waals surface area contributed by atoms with Gasteiger partial charge in [-0.25, -0.2) is 0 Å². The van der Waals surface area contributed by atoms with Gasteiger partial charge in [0.15, 0.2) is 0 Å². The summed E-state index contributed by atoms with van der Waals surface area (Å²) in [6, 6.07) is 6.32. The normalized spacial score (nSPS) is 21.9. The van der Waals surface area contributed by atoms with Crippen molar-refractivity contribution >= 4 is 21.8 Å². The van der Waals surface area contributed by atoms with Gasteiger partial charge in [0.2, 0.25) is 5.91 Å². The van der Waals surface area contributed by atoms with E-state index >= 15 is 0 Å². The lowest BCUT2D eigenvalue weighted by molar-refractivity contribution is -0.132. The zero-order valence-corrected chi connectivity index (χ0v) is 13.3. The van der Waals surface area contributed by atoms with Gasteiger partial charge >= 0.3 is 0 Å². The topological polar surface area (TPSA) is 32.3 Å². The van der Waals surface area contributed by atoms with E-state index in [1.54, 1.807) is 0 Å². The van der Waals surface area contributed by atoms with Crippen LogP contribution in [-0.2, 0) is 17.8 Å². The van der Waals surface area contributed by atoms with E-state index in [-0.39, 0.29) is 0 Å². The zero-order chi connectivity index (χ0) is 13.9. The first-order valence-corrected chi connectivity index (χ1v) is 8.28. The summed E-state index contributed by atoms with van der Waals surface area (Å²) < 4.78 is 1.13. The van der Waals surface area contributed by atoms with Crippen LogP contribution in [0.4, 0.5) is 0 Å². The number of rotatable bonds is 3. The van der Waals surface area contributed by atoms with Crippen LogP contribution in [0.1, 0.15) is 30.4 Å². The molecule has 2 aliphatic heterocycles. The van der Waals surface area contributed by atoms with E-state index in [1.807, 2.05) is 4.90 Å². The summed E-state index contributed by atoms with van der Waals surface area (Å²) in [4.78, 5) is 14.4. The minimum absolute atomic E-state index is 0.318. The van der Waals surface area contributed by atoms with Crippen LogP contribution in [0.3, 0.4) is 0 Å². The molecule has 3 rings (SSSR count). The lowest BCUT2D eigenvalue weighted by Crippen LogP contribution is -2.36. The third kappa shape index (κ3) is 3.07. The number of halogens is 1. The fourth-order valence-corrected chi connectivity index (χ4v) is 3.73. The van der Waals surface area contributed by atoms with Gasteiger partial charge in [-0.2, -0.15) is 0 Å². The molecule has 4 heteroatoms. The average molecular weight is 337 g/mol. The molecule has 1 fully saturated rings. The summed E-state index contributed by atoms with van der Waals surface area (Å²) in [6.45, 7) is 3.83. The van der Waals surface area contributed by atoms with Crippen molar-refractivity contribution in [2.45, 2.75) is 32.2 Å². The van der Waals surface area contributed by atoms with Crippen molar-refractivity contribution in [3.63, 3.8) is 0 Å². The number of nitrogens with one attached hydrogen (secondary N) is 1. The highest BCUT2D eigenvalue weighted by Gasteiger charge is 2.23. The standard InChI is InChI=1S/C16H21BrN2O/c17-15-3-1-2-13-7-9-19(11-14(13)15)16(20)5-4-12-6-8-18-10-12/h1-3,12,18H,4-11H2. The lowest BCUT2D eigenvalue weighted by atomic mass is 9.98. The van der Waals surface area contributed by atoms with Crippen molar-refractivity contribution in [3.8, 4) is 0 Å². The van der Waals surface area contributed by atoms with Crippen molar-refractivity contribution in [3.05, 3.63) is 33.8 Å². The number of amides is 1. The Bertz CT molecular complexity index is 497. The summed E-state index contributed by atoms with van der Waals surface area (Å²) in [5, 5.41) is 3.36. The molecule has 0 saturated carbocycles. The predicted octanol–water partition coefficient (Wildman–Crippen LogP) is 2.72. The van der Waals surface area contributed by atoms with Crippen LogP contribution in [0.15, 0.2) is 22.7 Å². The van der Waals surface area contributed by atoms with Gasteiger partial charge in [-0.15, -0.1) is 0 Å². The molecule has 0 bridgehead atoms. The second kappa shape index (κ2) is 6.27. The van der Waals surface area contributed by atoms with E-state index in [2.05, 4.69) is 39.4 Å². The number of benzene rings is 1. The van der Waals surface area contributed by atoms with Crippen LogP contribution >= 0.6 is 15.9 Å². The second-order valence-corrected chi connectivity index (χ2v) is 6.69. The first-order chi connectivity index (χ1) is 9.74. The summed E-state index contributed by atoms with van der Waals surface area (Å²) in [5.41, 5.74) is 2.66. The zero-order valence-electron chi connectivity index (χ0n) is 11.7. The SMILES string of the molecule is O=C(CCC1CCNC1)N1CCc2cccc(Br)c2C1. The smallest absolute Gasteiger partial charge is 0.222 e. The largest absolute Gasteiger partial charge is 0.338 e. The van der Waals surface area contributed by atoms with Crippen LogP contribution in [-0.4, -0.2) is 30.4 Å². The van der Waals surface area contributed by atoms with Gasteiger partial charge < -0.3 is 10.2 Å². The van der Waals surface area contributed by atoms with Crippen LogP contribution < -0.4 is 5.32 Å². The molecule has 1 amide bonds. The molecule has 1 atom stereocenters. The Labute approximate surface area is 128 Å². The highest BCUT2D eigenvalue weighted by Crippen LogP contribution is 2.27. The first-order valence-electron chi connectivity index (χ1n) is 7.49. The Morgan fingerprint density at radius 3 is 3.15 bits per heavy atom. The molecule has 0 spiro atoms. The highest BCUT2D eigenvalue weighted by atomic mass is 79.9. The Balaban J connectivity index is 1.58. The molecular formula is C16H21BrN2O. The quantitative estimate of drug-likeness (QED) is 0.920. The molecule has 1 N–H and O–H groups in total. The van der Waals surface area contributed by atoms with Crippen molar-refractivity contribution < 1.29 is 4.79 Å². The molecule has 2 aliphatic rings. The number of carbonyl (C=O) groups excluding carboxylic acids is 1. The molecule has 1 saturated heterocycles. The molecule has 20 heavy (non-hydrogen) atoms.